The van der Waals surface area contributed by atoms with Gasteiger partial charge in [-0.25, -0.2) is 0 Å². The van der Waals surface area contributed by atoms with Crippen LogP contribution in [-0.2, 0) is 5.60 Å². The molecule has 0 aliphatic carbocycles. The zero-order valence-corrected chi connectivity index (χ0v) is 10.1. The Hall–Kier alpha value is -1.46. The van der Waals surface area contributed by atoms with Gasteiger partial charge in [0.05, 0.1) is 12.7 Å². The maximum Gasteiger partial charge on any atom is 0.118 e. The van der Waals surface area contributed by atoms with Crippen molar-refractivity contribution in [1.29, 1.82) is 0 Å². The van der Waals surface area contributed by atoms with Crippen molar-refractivity contribution in [3.63, 3.8) is 0 Å². The summed E-state index contributed by atoms with van der Waals surface area (Å²) in [5.74, 6) is 6.59. The zero-order chi connectivity index (χ0) is 12.0. The first-order chi connectivity index (χ1) is 7.60. The Bertz CT molecular complexity index is 379. The van der Waals surface area contributed by atoms with Crippen molar-refractivity contribution in [2.75, 3.05) is 7.11 Å². The van der Waals surface area contributed by atoms with E-state index in [9.17, 15) is 5.11 Å². The lowest BCUT2D eigenvalue weighted by Crippen LogP contribution is -2.20. The van der Waals surface area contributed by atoms with E-state index in [0.29, 0.717) is 12.8 Å². The van der Waals surface area contributed by atoms with E-state index in [-0.39, 0.29) is 0 Å². The van der Waals surface area contributed by atoms with Crippen LogP contribution in [0, 0.1) is 11.8 Å². The first-order valence-electron chi connectivity index (χ1n) is 5.36. The number of rotatable bonds is 4. The van der Waals surface area contributed by atoms with Gasteiger partial charge >= 0.3 is 0 Å². The summed E-state index contributed by atoms with van der Waals surface area (Å²) in [6.45, 7) is 3.62. The van der Waals surface area contributed by atoms with Crippen molar-refractivity contribution in [3.8, 4) is 17.6 Å². The Morgan fingerprint density at radius 1 is 1.31 bits per heavy atom. The van der Waals surface area contributed by atoms with Gasteiger partial charge in [-0.3, -0.25) is 0 Å². The first kappa shape index (κ1) is 12.6. The Morgan fingerprint density at radius 2 is 1.94 bits per heavy atom. The van der Waals surface area contributed by atoms with Crippen LogP contribution in [0.5, 0.6) is 5.75 Å². The monoisotopic (exact) mass is 218 g/mol. The van der Waals surface area contributed by atoms with E-state index in [4.69, 9.17) is 4.74 Å². The maximum atomic E-state index is 10.3. The molecule has 86 valence electrons. The highest BCUT2D eigenvalue weighted by Gasteiger charge is 2.21. The topological polar surface area (TPSA) is 29.5 Å². The molecule has 1 N–H and O–H groups in total. The van der Waals surface area contributed by atoms with E-state index in [1.165, 1.54) is 0 Å². The first-order valence-corrected chi connectivity index (χ1v) is 5.36. The third-order valence-electron chi connectivity index (χ3n) is 2.63. The van der Waals surface area contributed by atoms with Crippen molar-refractivity contribution >= 4 is 0 Å². The predicted octanol–water partition coefficient (Wildman–Crippen LogP) is 2.71. The summed E-state index contributed by atoms with van der Waals surface area (Å²) in [4.78, 5) is 0. The Kier molecular flexibility index (Phi) is 4.39. The van der Waals surface area contributed by atoms with Crippen molar-refractivity contribution < 1.29 is 9.84 Å². The Labute approximate surface area is 97.3 Å². The molecule has 16 heavy (non-hydrogen) atoms. The second-order valence-electron chi connectivity index (χ2n) is 3.93. The third kappa shape index (κ3) is 3.29. The van der Waals surface area contributed by atoms with Crippen LogP contribution in [0.3, 0.4) is 0 Å². The van der Waals surface area contributed by atoms with Crippen LogP contribution >= 0.6 is 0 Å². The van der Waals surface area contributed by atoms with Crippen LogP contribution in [0.1, 0.15) is 32.3 Å². The molecule has 1 rings (SSSR count). The molecule has 0 saturated carbocycles. The fourth-order valence-electron chi connectivity index (χ4n) is 1.53. The molecule has 0 radical (unpaired) electrons. The molecule has 0 saturated heterocycles. The molecule has 1 aromatic rings. The van der Waals surface area contributed by atoms with Crippen molar-refractivity contribution in [2.24, 2.45) is 0 Å². The average Bonchev–Trinajstić information content (AvgIpc) is 2.29. The third-order valence-corrected chi connectivity index (χ3v) is 2.63. The highest BCUT2D eigenvalue weighted by molar-refractivity contribution is 5.30. The second-order valence-corrected chi connectivity index (χ2v) is 3.93. The van der Waals surface area contributed by atoms with E-state index in [1.54, 1.807) is 7.11 Å². The second kappa shape index (κ2) is 5.58. The highest BCUT2D eigenvalue weighted by Crippen LogP contribution is 2.27. The van der Waals surface area contributed by atoms with Crippen LogP contribution in [0.25, 0.3) is 0 Å². The van der Waals surface area contributed by atoms with Gasteiger partial charge in [0.2, 0.25) is 0 Å². The summed E-state index contributed by atoms with van der Waals surface area (Å²) in [5.41, 5.74) is 0.0713. The normalized spacial score (nSPS) is 13.5. The van der Waals surface area contributed by atoms with Gasteiger partial charge in [0.1, 0.15) is 5.75 Å². The number of hydrogen-bond donors (Lipinski definition) is 1. The van der Waals surface area contributed by atoms with Crippen molar-refractivity contribution in [1.82, 2.24) is 0 Å². The van der Waals surface area contributed by atoms with E-state index in [2.05, 4.69) is 11.8 Å². The van der Waals surface area contributed by atoms with Gasteiger partial charge in [-0.05, 0) is 38.0 Å². The molecule has 0 fully saturated rings. The number of aliphatic hydroxyl groups is 1. The Balaban J connectivity index is 2.75. The number of ether oxygens (including phenoxy) is 1. The number of hydrogen-bond acceptors (Lipinski definition) is 2. The lowest BCUT2D eigenvalue weighted by atomic mass is 9.91. The van der Waals surface area contributed by atoms with Gasteiger partial charge in [0, 0.05) is 6.42 Å². The minimum atomic E-state index is -0.823. The molecule has 0 aliphatic rings. The summed E-state index contributed by atoms with van der Waals surface area (Å²) in [7, 11) is 1.63. The fourth-order valence-corrected chi connectivity index (χ4v) is 1.53. The molecule has 0 heterocycles. The summed E-state index contributed by atoms with van der Waals surface area (Å²) in [6, 6.07) is 7.49. The predicted molar refractivity (Wildman–Crippen MR) is 65.2 cm³/mol. The summed E-state index contributed by atoms with van der Waals surface area (Å²) < 4.78 is 5.08. The molecular weight excluding hydrogens is 200 g/mol. The molecular formula is C14H18O2. The van der Waals surface area contributed by atoms with E-state index < -0.39 is 5.60 Å². The van der Waals surface area contributed by atoms with Gasteiger partial charge in [0.15, 0.2) is 0 Å². The fraction of sp³-hybridized carbons (Fsp3) is 0.429. The zero-order valence-electron chi connectivity index (χ0n) is 10.1. The smallest absolute Gasteiger partial charge is 0.118 e. The molecule has 1 aromatic carbocycles. The van der Waals surface area contributed by atoms with Crippen LogP contribution in [-0.4, -0.2) is 12.2 Å². The Morgan fingerprint density at radius 3 is 2.44 bits per heavy atom. The summed E-state index contributed by atoms with van der Waals surface area (Å²) in [6.07, 6.45) is 1.34. The summed E-state index contributed by atoms with van der Waals surface area (Å²) in [5, 5.41) is 10.3. The molecule has 0 spiro atoms. The lowest BCUT2D eigenvalue weighted by molar-refractivity contribution is 0.0493. The summed E-state index contributed by atoms with van der Waals surface area (Å²) >= 11 is 0. The number of benzene rings is 1. The molecule has 2 nitrogen and oxygen atoms in total. The lowest BCUT2D eigenvalue weighted by Gasteiger charge is -2.23. The van der Waals surface area contributed by atoms with Crippen molar-refractivity contribution in [3.05, 3.63) is 29.8 Å². The SMILES string of the molecule is CC#CCCC(C)(O)c1ccc(OC)cc1. The molecule has 0 bridgehead atoms. The quantitative estimate of drug-likeness (QED) is 0.787. The standard InChI is InChI=1S/C14H18O2/c1-4-5-6-11-14(2,15)12-7-9-13(16-3)10-8-12/h7-10,15H,6,11H2,1-3H3. The van der Waals surface area contributed by atoms with Gasteiger partial charge < -0.3 is 9.84 Å². The average molecular weight is 218 g/mol. The van der Waals surface area contributed by atoms with Gasteiger partial charge in [-0.1, -0.05) is 12.1 Å². The van der Waals surface area contributed by atoms with E-state index >= 15 is 0 Å². The van der Waals surface area contributed by atoms with Crippen molar-refractivity contribution in [2.45, 2.75) is 32.3 Å². The van der Waals surface area contributed by atoms with Crippen LogP contribution in [0.2, 0.25) is 0 Å². The van der Waals surface area contributed by atoms with Gasteiger partial charge in [-0.2, -0.15) is 0 Å². The maximum absolute atomic E-state index is 10.3. The molecule has 0 amide bonds. The molecule has 2 heteroatoms. The van der Waals surface area contributed by atoms with Crippen LogP contribution in [0.4, 0.5) is 0 Å². The minimum absolute atomic E-state index is 0.639. The van der Waals surface area contributed by atoms with Crippen LogP contribution < -0.4 is 4.74 Å². The van der Waals surface area contributed by atoms with Crippen LogP contribution in [0.15, 0.2) is 24.3 Å². The molecule has 1 atom stereocenters. The highest BCUT2D eigenvalue weighted by atomic mass is 16.5. The molecule has 0 aliphatic heterocycles. The minimum Gasteiger partial charge on any atom is -0.497 e. The van der Waals surface area contributed by atoms with E-state index in [0.717, 1.165) is 11.3 Å². The van der Waals surface area contributed by atoms with Gasteiger partial charge in [0.25, 0.3) is 0 Å². The van der Waals surface area contributed by atoms with E-state index in [1.807, 2.05) is 38.1 Å². The molecule has 0 aromatic heterocycles. The molecule has 1 unspecified atom stereocenters. The van der Waals surface area contributed by atoms with Gasteiger partial charge in [-0.15, -0.1) is 11.8 Å². The number of methoxy groups -OCH3 is 1. The largest absolute Gasteiger partial charge is 0.497 e.